The van der Waals surface area contributed by atoms with Gasteiger partial charge in [-0.3, -0.25) is 4.79 Å². The first-order chi connectivity index (χ1) is 9.95. The van der Waals surface area contributed by atoms with Crippen molar-refractivity contribution in [2.45, 2.75) is 45.1 Å². The van der Waals surface area contributed by atoms with E-state index >= 15 is 0 Å². The molecule has 1 fully saturated rings. The second kappa shape index (κ2) is 6.41. The smallest absolute Gasteiger partial charge is 0.254 e. The highest BCUT2D eigenvalue weighted by atomic mass is 16.3. The lowest BCUT2D eigenvalue weighted by Crippen LogP contribution is -2.45. The van der Waals surface area contributed by atoms with Gasteiger partial charge in [-0.1, -0.05) is 13.3 Å². The molecule has 6 nitrogen and oxygen atoms in total. The van der Waals surface area contributed by atoms with Gasteiger partial charge < -0.3 is 15.4 Å². The Morgan fingerprint density at radius 1 is 1.48 bits per heavy atom. The molecule has 0 spiro atoms. The van der Waals surface area contributed by atoms with Crippen LogP contribution in [0, 0.1) is 0 Å². The van der Waals surface area contributed by atoms with Crippen LogP contribution in [-0.4, -0.2) is 39.6 Å². The monoisotopic (exact) mass is 292 g/mol. The van der Waals surface area contributed by atoms with Crippen LogP contribution in [0.4, 0.5) is 5.82 Å². The summed E-state index contributed by atoms with van der Waals surface area (Å²) in [6.07, 6.45) is 2.98. The van der Waals surface area contributed by atoms with E-state index in [9.17, 15) is 9.90 Å². The topological polar surface area (TPSA) is 91.5 Å². The number of nitrogens with zero attached hydrogens (tertiary/aromatic N) is 2. The number of hydrogen-bond donors (Lipinski definition) is 3. The number of nitrogens with two attached hydrogens (primary N) is 1. The van der Waals surface area contributed by atoms with Crippen LogP contribution >= 0.6 is 0 Å². The van der Waals surface area contributed by atoms with Crippen molar-refractivity contribution in [1.29, 1.82) is 0 Å². The van der Waals surface area contributed by atoms with Gasteiger partial charge in [0.05, 0.1) is 5.60 Å². The molecule has 116 valence electrons. The molecule has 0 aromatic carbocycles. The first kappa shape index (κ1) is 15.7. The molecule has 1 aliphatic rings. The minimum absolute atomic E-state index is 0.0262. The van der Waals surface area contributed by atoms with E-state index in [2.05, 4.69) is 17.3 Å². The zero-order chi connectivity index (χ0) is 15.5. The van der Waals surface area contributed by atoms with Crippen LogP contribution in [0.3, 0.4) is 0 Å². The van der Waals surface area contributed by atoms with Crippen molar-refractivity contribution in [3.05, 3.63) is 23.4 Å². The number of pyridine rings is 1. The summed E-state index contributed by atoms with van der Waals surface area (Å²) in [4.78, 5) is 18.7. The van der Waals surface area contributed by atoms with E-state index in [1.807, 2.05) is 13.0 Å². The molecule has 0 radical (unpaired) electrons. The number of nitrogen functional groups attached to an aromatic ring is 1. The number of rotatable bonds is 4. The highest BCUT2D eigenvalue weighted by molar-refractivity contribution is 5.95. The normalized spacial score (nSPS) is 17.6. The lowest BCUT2D eigenvalue weighted by molar-refractivity contribution is -0.00203. The third-order valence-electron chi connectivity index (χ3n) is 3.91. The molecular weight excluding hydrogens is 268 g/mol. The first-order valence-electron chi connectivity index (χ1n) is 7.44. The second-order valence-electron chi connectivity index (χ2n) is 5.92. The SMILES string of the molecule is CCCc1cc(C(=O)N2CCC(C)(O)CC2)cc(NN)n1. The molecule has 0 saturated carbocycles. The highest BCUT2D eigenvalue weighted by Crippen LogP contribution is 2.23. The molecule has 6 heteroatoms. The molecule has 1 saturated heterocycles. The fourth-order valence-electron chi connectivity index (χ4n) is 2.54. The average molecular weight is 292 g/mol. The summed E-state index contributed by atoms with van der Waals surface area (Å²) < 4.78 is 0. The number of aliphatic hydroxyl groups is 1. The summed E-state index contributed by atoms with van der Waals surface area (Å²) in [5.74, 6) is 5.91. The largest absolute Gasteiger partial charge is 0.390 e. The molecule has 0 unspecified atom stereocenters. The number of anilines is 1. The summed E-state index contributed by atoms with van der Waals surface area (Å²) >= 11 is 0. The number of aryl methyl sites for hydroxylation is 1. The average Bonchev–Trinajstić information content (AvgIpc) is 2.46. The molecule has 1 aromatic rings. The summed E-state index contributed by atoms with van der Waals surface area (Å²) in [7, 11) is 0. The Labute approximate surface area is 125 Å². The lowest BCUT2D eigenvalue weighted by atomic mass is 9.93. The predicted molar refractivity (Wildman–Crippen MR) is 81.8 cm³/mol. The van der Waals surface area contributed by atoms with Crippen molar-refractivity contribution in [2.75, 3.05) is 18.5 Å². The molecule has 2 rings (SSSR count). The van der Waals surface area contributed by atoms with Crippen molar-refractivity contribution >= 4 is 11.7 Å². The number of carbonyl (C=O) groups is 1. The van der Waals surface area contributed by atoms with E-state index in [0.29, 0.717) is 37.3 Å². The summed E-state index contributed by atoms with van der Waals surface area (Å²) in [6, 6.07) is 3.51. The number of hydrazine groups is 1. The quantitative estimate of drug-likeness (QED) is 0.575. The summed E-state index contributed by atoms with van der Waals surface area (Å²) in [5, 5.41) is 9.97. The van der Waals surface area contributed by atoms with Gasteiger partial charge in [-0.25, -0.2) is 10.8 Å². The third kappa shape index (κ3) is 3.92. The number of amides is 1. The third-order valence-corrected chi connectivity index (χ3v) is 3.91. The molecule has 4 N–H and O–H groups in total. The van der Waals surface area contributed by atoms with Gasteiger partial charge >= 0.3 is 0 Å². The van der Waals surface area contributed by atoms with Crippen LogP contribution in [0.15, 0.2) is 12.1 Å². The Hall–Kier alpha value is -1.66. The van der Waals surface area contributed by atoms with Crippen molar-refractivity contribution in [1.82, 2.24) is 9.88 Å². The maximum absolute atomic E-state index is 12.6. The van der Waals surface area contributed by atoms with Gasteiger partial charge in [0.15, 0.2) is 0 Å². The van der Waals surface area contributed by atoms with Gasteiger partial charge in [0.25, 0.3) is 5.91 Å². The standard InChI is InChI=1S/C15H24N4O2/c1-3-4-12-9-11(10-13(17-12)18-16)14(20)19-7-5-15(2,21)6-8-19/h9-10,21H,3-8,16H2,1-2H3,(H,17,18). The van der Waals surface area contributed by atoms with Crippen molar-refractivity contribution in [3.8, 4) is 0 Å². The zero-order valence-electron chi connectivity index (χ0n) is 12.7. The Morgan fingerprint density at radius 3 is 2.71 bits per heavy atom. The Morgan fingerprint density at radius 2 is 2.14 bits per heavy atom. The van der Waals surface area contributed by atoms with Crippen LogP contribution in [0.25, 0.3) is 0 Å². The predicted octanol–water partition coefficient (Wildman–Crippen LogP) is 1.31. The molecule has 1 aliphatic heterocycles. The van der Waals surface area contributed by atoms with E-state index in [4.69, 9.17) is 5.84 Å². The number of aromatic nitrogens is 1. The van der Waals surface area contributed by atoms with Crippen LogP contribution < -0.4 is 11.3 Å². The van der Waals surface area contributed by atoms with Crippen LogP contribution in [0.2, 0.25) is 0 Å². The number of likely N-dealkylation sites (tertiary alicyclic amines) is 1. The van der Waals surface area contributed by atoms with Crippen molar-refractivity contribution in [2.24, 2.45) is 5.84 Å². The van der Waals surface area contributed by atoms with Gasteiger partial charge in [-0.2, -0.15) is 0 Å². The molecule has 2 heterocycles. The van der Waals surface area contributed by atoms with E-state index in [-0.39, 0.29) is 5.91 Å². The van der Waals surface area contributed by atoms with E-state index in [0.717, 1.165) is 18.5 Å². The van der Waals surface area contributed by atoms with E-state index in [1.165, 1.54) is 0 Å². The van der Waals surface area contributed by atoms with Crippen LogP contribution in [-0.2, 0) is 6.42 Å². The Bertz CT molecular complexity index is 506. The summed E-state index contributed by atoms with van der Waals surface area (Å²) in [5.41, 5.74) is 3.32. The summed E-state index contributed by atoms with van der Waals surface area (Å²) in [6.45, 7) is 5.03. The molecule has 0 aliphatic carbocycles. The molecule has 0 bridgehead atoms. The fraction of sp³-hybridized carbons (Fsp3) is 0.600. The molecule has 1 amide bonds. The maximum atomic E-state index is 12.6. The van der Waals surface area contributed by atoms with Crippen LogP contribution in [0.1, 0.15) is 49.2 Å². The number of hydrogen-bond acceptors (Lipinski definition) is 5. The second-order valence-corrected chi connectivity index (χ2v) is 5.92. The lowest BCUT2D eigenvalue weighted by Gasteiger charge is -2.35. The zero-order valence-corrected chi connectivity index (χ0v) is 12.7. The Balaban J connectivity index is 2.16. The minimum atomic E-state index is -0.660. The molecule has 0 atom stereocenters. The number of nitrogens with one attached hydrogen (secondary N) is 1. The van der Waals surface area contributed by atoms with Gasteiger partial charge in [-0.05, 0) is 38.3 Å². The fourth-order valence-corrected chi connectivity index (χ4v) is 2.54. The molecule has 21 heavy (non-hydrogen) atoms. The molecule has 1 aromatic heterocycles. The first-order valence-corrected chi connectivity index (χ1v) is 7.44. The maximum Gasteiger partial charge on any atom is 0.254 e. The van der Waals surface area contributed by atoms with E-state index < -0.39 is 5.60 Å². The highest BCUT2D eigenvalue weighted by Gasteiger charge is 2.30. The van der Waals surface area contributed by atoms with Gasteiger partial charge in [0, 0.05) is 24.3 Å². The van der Waals surface area contributed by atoms with Crippen LogP contribution in [0.5, 0.6) is 0 Å². The van der Waals surface area contributed by atoms with Crippen molar-refractivity contribution in [3.63, 3.8) is 0 Å². The number of piperidine rings is 1. The van der Waals surface area contributed by atoms with E-state index in [1.54, 1.807) is 11.0 Å². The van der Waals surface area contributed by atoms with Gasteiger partial charge in [0.2, 0.25) is 0 Å². The number of carbonyl (C=O) groups excluding carboxylic acids is 1. The van der Waals surface area contributed by atoms with Crippen molar-refractivity contribution < 1.29 is 9.90 Å². The minimum Gasteiger partial charge on any atom is -0.390 e. The Kier molecular flexibility index (Phi) is 4.80. The molecular formula is C15H24N4O2. The van der Waals surface area contributed by atoms with Gasteiger partial charge in [-0.15, -0.1) is 0 Å². The van der Waals surface area contributed by atoms with Gasteiger partial charge in [0.1, 0.15) is 5.82 Å².